The van der Waals surface area contributed by atoms with Crippen molar-refractivity contribution in [3.63, 3.8) is 0 Å². The van der Waals surface area contributed by atoms with Gasteiger partial charge in [-0.25, -0.2) is 8.78 Å². The van der Waals surface area contributed by atoms with Gasteiger partial charge in [-0.3, -0.25) is 4.79 Å². The maximum Gasteiger partial charge on any atom is 0.242 e. The number of nitrogens with one attached hydrogen (secondary N) is 1. The van der Waals surface area contributed by atoms with Gasteiger partial charge in [0.1, 0.15) is 11.0 Å². The minimum absolute atomic E-state index is 0.287. The minimum atomic E-state index is -0.947. The molecule has 3 aromatic carbocycles. The number of carbonyl (C=O) groups excluding carboxylic acids is 1. The Bertz CT molecular complexity index is 980. The van der Waals surface area contributed by atoms with Crippen LogP contribution in [0, 0.1) is 18.6 Å². The zero-order valence-electron chi connectivity index (χ0n) is 15.4. The molecule has 1 atom stereocenters. The van der Waals surface area contributed by atoms with Gasteiger partial charge >= 0.3 is 0 Å². The average Bonchev–Trinajstić information content (AvgIpc) is 2.69. The first kappa shape index (κ1) is 19.9. The third kappa shape index (κ3) is 4.70. The van der Waals surface area contributed by atoms with Gasteiger partial charge < -0.3 is 10.1 Å². The number of anilines is 1. The number of methoxy groups -OCH3 is 1. The predicted octanol–water partition coefficient (Wildman–Crippen LogP) is 5.75. The molecule has 0 aliphatic carbocycles. The van der Waals surface area contributed by atoms with Crippen molar-refractivity contribution in [2.45, 2.75) is 17.1 Å². The molecule has 0 aromatic heterocycles. The molecule has 0 aliphatic rings. The normalized spacial score (nSPS) is 11.7. The van der Waals surface area contributed by atoms with Crippen LogP contribution in [0.15, 0.2) is 71.6 Å². The first-order valence-corrected chi connectivity index (χ1v) is 9.48. The standard InChI is InChI=1S/C22H19F2NO2S/c1-14-8-11-20(27-2)19(12-14)25-22(26)21(15-6-4-3-5-7-15)28-16-9-10-17(23)18(24)13-16/h3-13,21H,1-2H3,(H,25,26)/t21-/m1/s1. The molecule has 28 heavy (non-hydrogen) atoms. The van der Waals surface area contributed by atoms with Gasteiger partial charge in [-0.05, 0) is 48.4 Å². The summed E-state index contributed by atoms with van der Waals surface area (Å²) >= 11 is 1.15. The molecule has 0 saturated carbocycles. The summed E-state index contributed by atoms with van der Waals surface area (Å²) in [6.07, 6.45) is 0. The van der Waals surface area contributed by atoms with Crippen LogP contribution < -0.4 is 10.1 Å². The Morgan fingerprint density at radius 2 is 1.75 bits per heavy atom. The summed E-state index contributed by atoms with van der Waals surface area (Å²) in [5.74, 6) is -1.61. The highest BCUT2D eigenvalue weighted by Crippen LogP contribution is 2.37. The summed E-state index contributed by atoms with van der Waals surface area (Å²) in [6.45, 7) is 1.92. The lowest BCUT2D eigenvalue weighted by Gasteiger charge is -2.18. The number of amides is 1. The second-order valence-electron chi connectivity index (χ2n) is 6.18. The molecule has 144 valence electrons. The number of rotatable bonds is 6. The van der Waals surface area contributed by atoms with Crippen LogP contribution >= 0.6 is 11.8 Å². The van der Waals surface area contributed by atoms with E-state index in [0.29, 0.717) is 16.3 Å². The lowest BCUT2D eigenvalue weighted by atomic mass is 10.1. The van der Waals surface area contributed by atoms with Crippen molar-refractivity contribution in [2.24, 2.45) is 0 Å². The quantitative estimate of drug-likeness (QED) is 0.536. The number of carbonyl (C=O) groups is 1. The number of thioether (sulfide) groups is 1. The highest BCUT2D eigenvalue weighted by molar-refractivity contribution is 8.00. The van der Waals surface area contributed by atoms with Gasteiger partial charge in [-0.2, -0.15) is 0 Å². The molecule has 0 heterocycles. The molecular weight excluding hydrogens is 380 g/mol. The Hall–Kier alpha value is -2.86. The van der Waals surface area contributed by atoms with E-state index in [1.54, 1.807) is 6.07 Å². The zero-order chi connectivity index (χ0) is 20.1. The number of halogens is 2. The summed E-state index contributed by atoms with van der Waals surface area (Å²) in [5, 5.41) is 2.24. The van der Waals surface area contributed by atoms with Crippen molar-refractivity contribution in [1.82, 2.24) is 0 Å². The molecule has 0 aliphatic heterocycles. The molecule has 0 unspecified atom stereocenters. The van der Waals surface area contributed by atoms with E-state index in [4.69, 9.17) is 4.74 Å². The van der Waals surface area contributed by atoms with Gasteiger partial charge in [0.25, 0.3) is 0 Å². The van der Waals surface area contributed by atoms with Crippen molar-refractivity contribution in [3.05, 3.63) is 89.5 Å². The maximum atomic E-state index is 13.6. The monoisotopic (exact) mass is 399 g/mol. The average molecular weight is 399 g/mol. The molecule has 6 heteroatoms. The van der Waals surface area contributed by atoms with E-state index >= 15 is 0 Å². The number of hydrogen-bond donors (Lipinski definition) is 1. The lowest BCUT2D eigenvalue weighted by molar-refractivity contribution is -0.115. The fraction of sp³-hybridized carbons (Fsp3) is 0.136. The summed E-state index contributed by atoms with van der Waals surface area (Å²) < 4.78 is 32.2. The Labute approximate surface area is 166 Å². The van der Waals surface area contributed by atoms with Crippen molar-refractivity contribution >= 4 is 23.4 Å². The van der Waals surface area contributed by atoms with Gasteiger partial charge in [-0.15, -0.1) is 11.8 Å². The Morgan fingerprint density at radius 1 is 1.00 bits per heavy atom. The van der Waals surface area contributed by atoms with Crippen molar-refractivity contribution in [3.8, 4) is 5.75 Å². The molecule has 0 spiro atoms. The van der Waals surface area contributed by atoms with Crippen LogP contribution in [0.2, 0.25) is 0 Å². The summed E-state index contributed by atoms with van der Waals surface area (Å²) in [4.78, 5) is 13.6. The second-order valence-corrected chi connectivity index (χ2v) is 7.36. The van der Waals surface area contributed by atoms with Crippen LogP contribution in [0.4, 0.5) is 14.5 Å². The molecule has 3 rings (SSSR count). The summed E-state index contributed by atoms with van der Waals surface area (Å²) in [6, 6.07) is 18.3. The molecule has 0 bridgehead atoms. The molecule has 0 radical (unpaired) electrons. The molecule has 1 amide bonds. The number of aryl methyl sites for hydroxylation is 1. The summed E-state index contributed by atoms with van der Waals surface area (Å²) in [5.41, 5.74) is 2.28. The maximum absolute atomic E-state index is 13.6. The van der Waals surface area contributed by atoms with Crippen LogP contribution in [0.5, 0.6) is 5.75 Å². The smallest absolute Gasteiger partial charge is 0.242 e. The first-order chi connectivity index (χ1) is 13.5. The minimum Gasteiger partial charge on any atom is -0.495 e. The molecule has 0 saturated heterocycles. The zero-order valence-corrected chi connectivity index (χ0v) is 16.2. The number of hydrogen-bond acceptors (Lipinski definition) is 3. The topological polar surface area (TPSA) is 38.3 Å². The first-order valence-electron chi connectivity index (χ1n) is 8.60. The van der Waals surface area contributed by atoms with Crippen LogP contribution in [-0.4, -0.2) is 13.0 Å². The SMILES string of the molecule is COc1ccc(C)cc1NC(=O)[C@H](Sc1ccc(F)c(F)c1)c1ccccc1. The molecular formula is C22H19F2NO2S. The largest absolute Gasteiger partial charge is 0.495 e. The highest BCUT2D eigenvalue weighted by atomic mass is 32.2. The van der Waals surface area contributed by atoms with Gasteiger partial charge in [0.05, 0.1) is 12.8 Å². The van der Waals surface area contributed by atoms with Gasteiger partial charge in [0, 0.05) is 4.90 Å². The van der Waals surface area contributed by atoms with E-state index in [-0.39, 0.29) is 5.91 Å². The fourth-order valence-corrected chi connectivity index (χ4v) is 3.75. The third-order valence-corrected chi connectivity index (χ3v) is 5.35. The Morgan fingerprint density at radius 3 is 2.43 bits per heavy atom. The number of benzene rings is 3. The molecule has 3 nitrogen and oxygen atoms in total. The van der Waals surface area contributed by atoms with Crippen molar-refractivity contribution < 1.29 is 18.3 Å². The van der Waals surface area contributed by atoms with Crippen molar-refractivity contribution in [1.29, 1.82) is 0 Å². The molecule has 3 aromatic rings. The van der Waals surface area contributed by atoms with Gasteiger partial charge in [-0.1, -0.05) is 36.4 Å². The lowest BCUT2D eigenvalue weighted by Crippen LogP contribution is -2.19. The van der Waals surface area contributed by atoms with Crippen LogP contribution in [0.3, 0.4) is 0 Å². The highest BCUT2D eigenvalue weighted by Gasteiger charge is 2.23. The number of ether oxygens (including phenoxy) is 1. The predicted molar refractivity (Wildman–Crippen MR) is 108 cm³/mol. The fourth-order valence-electron chi connectivity index (χ4n) is 2.70. The van der Waals surface area contributed by atoms with Crippen LogP contribution in [0.1, 0.15) is 16.4 Å². The van der Waals surface area contributed by atoms with Crippen molar-refractivity contribution in [2.75, 3.05) is 12.4 Å². The molecule has 1 N–H and O–H groups in total. The van der Waals surface area contributed by atoms with Crippen LogP contribution in [0.25, 0.3) is 0 Å². The van der Waals surface area contributed by atoms with E-state index in [0.717, 1.165) is 35.0 Å². The van der Waals surface area contributed by atoms with Crippen LogP contribution in [-0.2, 0) is 4.79 Å². The van der Waals surface area contributed by atoms with E-state index < -0.39 is 16.9 Å². The Balaban J connectivity index is 1.91. The van der Waals surface area contributed by atoms with E-state index in [1.165, 1.54) is 13.2 Å². The van der Waals surface area contributed by atoms with E-state index in [1.807, 2.05) is 49.4 Å². The van der Waals surface area contributed by atoms with E-state index in [2.05, 4.69) is 5.32 Å². The Kier molecular flexibility index (Phi) is 6.31. The second kappa shape index (κ2) is 8.89. The summed E-state index contributed by atoms with van der Waals surface area (Å²) in [7, 11) is 1.53. The third-order valence-electron chi connectivity index (χ3n) is 4.10. The van der Waals surface area contributed by atoms with Gasteiger partial charge in [0.2, 0.25) is 5.91 Å². The van der Waals surface area contributed by atoms with Gasteiger partial charge in [0.15, 0.2) is 11.6 Å². The van der Waals surface area contributed by atoms with E-state index in [9.17, 15) is 13.6 Å². The molecule has 0 fully saturated rings.